The Hall–Kier alpha value is -0.960. The van der Waals surface area contributed by atoms with Crippen molar-refractivity contribution >= 4 is 16.9 Å². The molecule has 0 saturated carbocycles. The largest absolute Gasteiger partial charge is 0.361 e. The Morgan fingerprint density at radius 3 is 2.63 bits per heavy atom. The van der Waals surface area contributed by atoms with Gasteiger partial charge in [0.25, 0.3) is 0 Å². The van der Waals surface area contributed by atoms with Gasteiger partial charge in [0, 0.05) is 18.3 Å². The number of nitrogens with one attached hydrogen (secondary N) is 1. The molecule has 1 fully saturated rings. The topological polar surface area (TPSA) is 24.4 Å². The van der Waals surface area contributed by atoms with E-state index in [1.807, 2.05) is 11.8 Å². The molecule has 2 atom stereocenters. The van der Waals surface area contributed by atoms with Crippen LogP contribution in [0.1, 0.15) is 38.7 Å². The normalized spacial score (nSPS) is 22.7. The molecule has 2 unspecified atom stereocenters. The van der Waals surface area contributed by atoms with Gasteiger partial charge in [-0.25, -0.2) is 0 Å². The molecule has 0 spiro atoms. The summed E-state index contributed by atoms with van der Waals surface area (Å²) >= 11 is 1.87. The van der Waals surface area contributed by atoms with Crippen LogP contribution in [-0.4, -0.2) is 23.5 Å². The third-order valence-electron chi connectivity index (χ3n) is 3.70. The summed E-state index contributed by atoms with van der Waals surface area (Å²) in [6, 6.07) is 11.3. The lowest BCUT2D eigenvalue weighted by molar-refractivity contribution is 0.503. The second-order valence-electron chi connectivity index (χ2n) is 5.59. The Kier molecular flexibility index (Phi) is 5.32. The van der Waals surface area contributed by atoms with Gasteiger partial charge in [0.15, 0.2) is 5.17 Å². The van der Waals surface area contributed by atoms with Crippen LogP contribution in [0.2, 0.25) is 0 Å². The molecule has 1 saturated heterocycles. The summed E-state index contributed by atoms with van der Waals surface area (Å²) in [4.78, 5) is 4.69. The maximum atomic E-state index is 4.69. The van der Waals surface area contributed by atoms with E-state index in [9.17, 15) is 0 Å². The first-order chi connectivity index (χ1) is 9.16. The minimum atomic E-state index is 0.581. The van der Waals surface area contributed by atoms with Crippen molar-refractivity contribution < 1.29 is 0 Å². The zero-order valence-corrected chi connectivity index (χ0v) is 12.9. The van der Waals surface area contributed by atoms with Crippen LogP contribution in [0.5, 0.6) is 0 Å². The highest BCUT2D eigenvalue weighted by molar-refractivity contribution is 8.14. The minimum absolute atomic E-state index is 0.581. The maximum Gasteiger partial charge on any atom is 0.156 e. The van der Waals surface area contributed by atoms with Gasteiger partial charge >= 0.3 is 0 Å². The van der Waals surface area contributed by atoms with E-state index >= 15 is 0 Å². The summed E-state index contributed by atoms with van der Waals surface area (Å²) < 4.78 is 0. The monoisotopic (exact) mass is 276 g/mol. The lowest BCUT2D eigenvalue weighted by Gasteiger charge is -2.13. The van der Waals surface area contributed by atoms with Gasteiger partial charge in [-0.3, -0.25) is 4.99 Å². The van der Waals surface area contributed by atoms with E-state index in [2.05, 4.69) is 61.4 Å². The van der Waals surface area contributed by atoms with Crippen LogP contribution >= 0.6 is 11.8 Å². The van der Waals surface area contributed by atoms with Gasteiger partial charge < -0.3 is 5.32 Å². The molecule has 1 aromatic carbocycles. The molecule has 2 rings (SSSR count). The van der Waals surface area contributed by atoms with E-state index in [1.54, 1.807) is 0 Å². The third-order valence-corrected chi connectivity index (χ3v) is 4.75. The van der Waals surface area contributed by atoms with Crippen molar-refractivity contribution in [2.24, 2.45) is 10.9 Å². The molecule has 0 aromatic heterocycles. The van der Waals surface area contributed by atoms with Crippen LogP contribution in [0.4, 0.5) is 0 Å². The molecular weight excluding hydrogens is 252 g/mol. The lowest BCUT2D eigenvalue weighted by Crippen LogP contribution is -2.31. The lowest BCUT2D eigenvalue weighted by atomic mass is 9.98. The highest BCUT2D eigenvalue weighted by atomic mass is 32.2. The van der Waals surface area contributed by atoms with E-state index in [-0.39, 0.29) is 0 Å². The third kappa shape index (κ3) is 4.27. The zero-order valence-electron chi connectivity index (χ0n) is 12.1. The molecule has 1 aliphatic heterocycles. The number of rotatable bonds is 5. The maximum absolute atomic E-state index is 4.69. The first kappa shape index (κ1) is 14.4. The van der Waals surface area contributed by atoms with E-state index in [0.29, 0.717) is 17.9 Å². The molecule has 1 aliphatic rings. The summed E-state index contributed by atoms with van der Waals surface area (Å²) in [5.74, 6) is 2.42. The second-order valence-corrected chi connectivity index (χ2v) is 6.60. The summed E-state index contributed by atoms with van der Waals surface area (Å²) in [5, 5.41) is 4.65. The second kappa shape index (κ2) is 6.99. The van der Waals surface area contributed by atoms with Gasteiger partial charge in [0.2, 0.25) is 0 Å². The van der Waals surface area contributed by atoms with Crippen molar-refractivity contribution in [3.63, 3.8) is 0 Å². The average Bonchev–Trinajstić information content (AvgIpc) is 2.89. The van der Waals surface area contributed by atoms with Gasteiger partial charge in [0.1, 0.15) is 0 Å². The van der Waals surface area contributed by atoms with Crippen LogP contribution in [-0.2, 0) is 0 Å². The molecule has 3 heteroatoms. The van der Waals surface area contributed by atoms with Crippen LogP contribution in [0.25, 0.3) is 0 Å². The summed E-state index contributed by atoms with van der Waals surface area (Å²) in [7, 11) is 0. The van der Waals surface area contributed by atoms with Gasteiger partial charge in [-0.05, 0) is 23.8 Å². The van der Waals surface area contributed by atoms with Crippen molar-refractivity contribution in [2.75, 3.05) is 12.3 Å². The molecule has 2 nitrogen and oxygen atoms in total. The summed E-state index contributed by atoms with van der Waals surface area (Å²) in [6.07, 6.45) is 1.11. The standard InChI is InChI=1S/C16H24N2S/c1-12(2)15-11-19-16(18-15)17-10-9-13(3)14-7-5-4-6-8-14/h4-8,12-13,15H,9-11H2,1-3H3,(H,17,18). The van der Waals surface area contributed by atoms with Gasteiger partial charge in [-0.2, -0.15) is 0 Å². The number of benzene rings is 1. The highest BCUT2D eigenvalue weighted by Crippen LogP contribution is 2.21. The van der Waals surface area contributed by atoms with Crippen molar-refractivity contribution in [2.45, 2.75) is 39.2 Å². The number of nitrogens with zero attached hydrogens (tertiary/aromatic N) is 1. The number of thioether (sulfide) groups is 1. The number of hydrogen-bond acceptors (Lipinski definition) is 2. The Morgan fingerprint density at radius 2 is 2.00 bits per heavy atom. The minimum Gasteiger partial charge on any atom is -0.361 e. The van der Waals surface area contributed by atoms with E-state index in [1.165, 1.54) is 5.56 Å². The SMILES string of the molecule is CC(CCN=C1NC(C(C)C)CS1)c1ccccc1. The first-order valence-electron chi connectivity index (χ1n) is 7.15. The van der Waals surface area contributed by atoms with Crippen molar-refractivity contribution in [3.8, 4) is 0 Å². The van der Waals surface area contributed by atoms with Crippen LogP contribution < -0.4 is 5.32 Å². The molecule has 19 heavy (non-hydrogen) atoms. The van der Waals surface area contributed by atoms with Crippen LogP contribution in [0.15, 0.2) is 35.3 Å². The fourth-order valence-corrected chi connectivity index (χ4v) is 3.39. The van der Waals surface area contributed by atoms with E-state index in [0.717, 1.165) is 23.9 Å². The zero-order chi connectivity index (χ0) is 13.7. The molecule has 0 amide bonds. The number of aliphatic imine (C=N–C) groups is 1. The molecule has 104 valence electrons. The number of amidine groups is 1. The van der Waals surface area contributed by atoms with Crippen LogP contribution in [0, 0.1) is 5.92 Å². The predicted molar refractivity (Wildman–Crippen MR) is 86.0 cm³/mol. The molecule has 0 aliphatic carbocycles. The van der Waals surface area contributed by atoms with Gasteiger partial charge in [0.05, 0.1) is 0 Å². The quantitative estimate of drug-likeness (QED) is 0.882. The van der Waals surface area contributed by atoms with E-state index in [4.69, 9.17) is 0 Å². The summed E-state index contributed by atoms with van der Waals surface area (Å²) in [6.45, 7) is 7.72. The molecule has 1 N–H and O–H groups in total. The van der Waals surface area contributed by atoms with E-state index < -0.39 is 0 Å². The fraction of sp³-hybridized carbons (Fsp3) is 0.562. The molecule has 1 heterocycles. The molecular formula is C16H24N2S. The Balaban J connectivity index is 1.78. The van der Waals surface area contributed by atoms with Crippen molar-refractivity contribution in [1.82, 2.24) is 5.32 Å². The Bertz CT molecular complexity index is 414. The van der Waals surface area contributed by atoms with Crippen LogP contribution in [0.3, 0.4) is 0 Å². The Labute approximate surface area is 121 Å². The Morgan fingerprint density at radius 1 is 1.26 bits per heavy atom. The molecule has 1 aromatic rings. The molecule has 0 radical (unpaired) electrons. The fourth-order valence-electron chi connectivity index (χ4n) is 2.17. The highest BCUT2D eigenvalue weighted by Gasteiger charge is 2.22. The number of hydrogen-bond donors (Lipinski definition) is 1. The van der Waals surface area contributed by atoms with Crippen molar-refractivity contribution in [3.05, 3.63) is 35.9 Å². The summed E-state index contributed by atoms with van der Waals surface area (Å²) in [5.41, 5.74) is 1.41. The average molecular weight is 276 g/mol. The van der Waals surface area contributed by atoms with Gasteiger partial charge in [-0.15, -0.1) is 0 Å². The van der Waals surface area contributed by atoms with Crippen molar-refractivity contribution in [1.29, 1.82) is 0 Å². The first-order valence-corrected chi connectivity index (χ1v) is 8.14. The molecule has 0 bridgehead atoms. The van der Waals surface area contributed by atoms with Gasteiger partial charge in [-0.1, -0.05) is 62.9 Å². The predicted octanol–water partition coefficient (Wildman–Crippen LogP) is 3.90. The smallest absolute Gasteiger partial charge is 0.156 e.